The zero-order valence-corrected chi connectivity index (χ0v) is 17.1. The maximum absolute atomic E-state index is 12.6. The van der Waals surface area contributed by atoms with Gasteiger partial charge in [-0.2, -0.15) is 0 Å². The van der Waals surface area contributed by atoms with Crippen molar-refractivity contribution in [3.05, 3.63) is 102 Å². The van der Waals surface area contributed by atoms with Crippen molar-refractivity contribution in [2.45, 2.75) is 45.3 Å². The molecule has 3 heteroatoms. The van der Waals surface area contributed by atoms with E-state index in [2.05, 4.69) is 38.1 Å². The SMILES string of the molecule is CC[C@@H](O[C@H](CC(=O)Oc1ccccc1)Cc1ccccc1)c1ccccc1C. The molecule has 0 heterocycles. The molecule has 0 N–H and O–H groups in total. The topological polar surface area (TPSA) is 35.5 Å². The summed E-state index contributed by atoms with van der Waals surface area (Å²) in [6, 6.07) is 27.6. The van der Waals surface area contributed by atoms with Gasteiger partial charge in [-0.15, -0.1) is 0 Å². The van der Waals surface area contributed by atoms with E-state index >= 15 is 0 Å². The van der Waals surface area contributed by atoms with Crippen molar-refractivity contribution in [2.24, 2.45) is 0 Å². The van der Waals surface area contributed by atoms with Gasteiger partial charge < -0.3 is 9.47 Å². The molecule has 3 aromatic rings. The number of aryl methyl sites for hydroxylation is 1. The van der Waals surface area contributed by atoms with Crippen LogP contribution in [0.5, 0.6) is 5.75 Å². The van der Waals surface area contributed by atoms with Crippen molar-refractivity contribution in [2.75, 3.05) is 0 Å². The van der Waals surface area contributed by atoms with Crippen LogP contribution in [0.2, 0.25) is 0 Å². The Kier molecular flexibility index (Phi) is 7.60. The van der Waals surface area contributed by atoms with E-state index in [1.54, 1.807) is 12.1 Å². The third-order valence-corrected chi connectivity index (χ3v) is 4.94. The Balaban J connectivity index is 1.74. The summed E-state index contributed by atoms with van der Waals surface area (Å²) in [5.41, 5.74) is 3.51. The average Bonchev–Trinajstić information content (AvgIpc) is 2.74. The molecule has 29 heavy (non-hydrogen) atoms. The molecule has 0 radical (unpaired) electrons. The Bertz CT molecular complexity index is 890. The molecule has 0 saturated heterocycles. The number of ether oxygens (including phenoxy) is 2. The minimum Gasteiger partial charge on any atom is -0.426 e. The fourth-order valence-corrected chi connectivity index (χ4v) is 3.46. The van der Waals surface area contributed by atoms with Crippen molar-refractivity contribution in [3.63, 3.8) is 0 Å². The quantitative estimate of drug-likeness (QED) is 0.330. The lowest BCUT2D eigenvalue weighted by atomic mass is 10.00. The van der Waals surface area contributed by atoms with Gasteiger partial charge in [0, 0.05) is 0 Å². The third kappa shape index (κ3) is 6.30. The van der Waals surface area contributed by atoms with Gasteiger partial charge in [-0.25, -0.2) is 0 Å². The molecule has 0 saturated carbocycles. The number of esters is 1. The van der Waals surface area contributed by atoms with Crippen molar-refractivity contribution in [1.29, 1.82) is 0 Å². The Morgan fingerprint density at radius 2 is 1.48 bits per heavy atom. The molecule has 0 amide bonds. The second kappa shape index (κ2) is 10.6. The molecule has 0 aliphatic heterocycles. The maximum atomic E-state index is 12.6. The molecular formula is C26H28O3. The number of carbonyl (C=O) groups excluding carboxylic acids is 1. The van der Waals surface area contributed by atoms with Crippen LogP contribution in [0.25, 0.3) is 0 Å². The van der Waals surface area contributed by atoms with E-state index in [9.17, 15) is 4.79 Å². The first-order valence-corrected chi connectivity index (χ1v) is 10.2. The highest BCUT2D eigenvalue weighted by atomic mass is 16.5. The van der Waals surface area contributed by atoms with Gasteiger partial charge in [-0.1, -0.05) is 79.7 Å². The van der Waals surface area contributed by atoms with Crippen molar-refractivity contribution >= 4 is 5.97 Å². The summed E-state index contributed by atoms with van der Waals surface area (Å²) in [7, 11) is 0. The van der Waals surface area contributed by atoms with Gasteiger partial charge in [0.1, 0.15) is 5.75 Å². The molecule has 2 atom stereocenters. The van der Waals surface area contributed by atoms with Gasteiger partial charge in [0.15, 0.2) is 0 Å². The molecule has 3 rings (SSSR count). The first-order valence-electron chi connectivity index (χ1n) is 10.2. The molecule has 0 aromatic heterocycles. The molecular weight excluding hydrogens is 360 g/mol. The van der Waals surface area contributed by atoms with Crippen LogP contribution in [0.3, 0.4) is 0 Å². The van der Waals surface area contributed by atoms with Crippen LogP contribution in [0.1, 0.15) is 42.6 Å². The van der Waals surface area contributed by atoms with Crippen LogP contribution < -0.4 is 4.74 Å². The van der Waals surface area contributed by atoms with Gasteiger partial charge in [-0.3, -0.25) is 4.79 Å². The Hall–Kier alpha value is -2.91. The predicted octanol–water partition coefficient (Wildman–Crippen LogP) is 6.07. The molecule has 3 nitrogen and oxygen atoms in total. The zero-order valence-electron chi connectivity index (χ0n) is 17.1. The standard InChI is InChI=1S/C26H28O3/c1-3-25(24-17-11-10-12-20(24)2)28-23(18-21-13-6-4-7-14-21)19-26(27)29-22-15-8-5-9-16-22/h4-17,23,25H,3,18-19H2,1-2H3/t23-,25+/m0/s1. The normalized spacial score (nSPS) is 12.9. The van der Waals surface area contributed by atoms with Gasteiger partial charge >= 0.3 is 5.97 Å². The summed E-state index contributed by atoms with van der Waals surface area (Å²) in [5.74, 6) is 0.277. The second-order valence-electron chi connectivity index (χ2n) is 7.19. The van der Waals surface area contributed by atoms with E-state index in [1.165, 1.54) is 11.1 Å². The van der Waals surface area contributed by atoms with Gasteiger partial charge in [0.25, 0.3) is 0 Å². The number of hydrogen-bond acceptors (Lipinski definition) is 3. The molecule has 0 spiro atoms. The lowest BCUT2D eigenvalue weighted by Crippen LogP contribution is -2.25. The Labute approximate surface area is 173 Å². The van der Waals surface area contributed by atoms with E-state index in [0.29, 0.717) is 12.2 Å². The summed E-state index contributed by atoms with van der Waals surface area (Å²) in [6.07, 6.45) is 1.37. The van der Waals surface area contributed by atoms with E-state index in [4.69, 9.17) is 9.47 Å². The molecule has 3 aromatic carbocycles. The van der Waals surface area contributed by atoms with Crippen molar-refractivity contribution < 1.29 is 14.3 Å². The first kappa shape index (κ1) is 20.8. The van der Waals surface area contributed by atoms with Crippen LogP contribution in [0.4, 0.5) is 0 Å². The Morgan fingerprint density at radius 1 is 0.862 bits per heavy atom. The largest absolute Gasteiger partial charge is 0.426 e. The number of carbonyl (C=O) groups is 1. The van der Waals surface area contributed by atoms with E-state index < -0.39 is 0 Å². The van der Waals surface area contributed by atoms with Crippen LogP contribution >= 0.6 is 0 Å². The highest BCUT2D eigenvalue weighted by molar-refractivity contribution is 5.72. The molecule has 0 unspecified atom stereocenters. The van der Waals surface area contributed by atoms with Crippen molar-refractivity contribution in [3.8, 4) is 5.75 Å². The smallest absolute Gasteiger partial charge is 0.313 e. The number of para-hydroxylation sites is 1. The molecule has 0 bridgehead atoms. The van der Waals surface area contributed by atoms with Crippen molar-refractivity contribution in [1.82, 2.24) is 0 Å². The van der Waals surface area contributed by atoms with Crippen LogP contribution in [-0.2, 0) is 16.0 Å². The molecule has 0 aliphatic carbocycles. The fraction of sp³-hybridized carbons (Fsp3) is 0.269. The minimum absolute atomic E-state index is 0.0607. The maximum Gasteiger partial charge on any atom is 0.313 e. The monoisotopic (exact) mass is 388 g/mol. The summed E-state index contributed by atoms with van der Waals surface area (Å²) in [6.45, 7) is 4.20. The number of hydrogen-bond donors (Lipinski definition) is 0. The first-order chi connectivity index (χ1) is 14.2. The Morgan fingerprint density at radius 3 is 2.14 bits per heavy atom. The number of rotatable bonds is 9. The molecule has 0 aliphatic rings. The fourth-order valence-electron chi connectivity index (χ4n) is 3.46. The van der Waals surface area contributed by atoms with Crippen LogP contribution in [-0.4, -0.2) is 12.1 Å². The summed E-state index contributed by atoms with van der Waals surface area (Å²) < 4.78 is 12.0. The van der Waals surface area contributed by atoms with Gasteiger partial charge in [0.2, 0.25) is 0 Å². The van der Waals surface area contributed by atoms with E-state index in [0.717, 1.165) is 12.0 Å². The zero-order chi connectivity index (χ0) is 20.5. The predicted molar refractivity (Wildman–Crippen MR) is 116 cm³/mol. The number of benzene rings is 3. The van der Waals surface area contributed by atoms with Crippen LogP contribution in [0.15, 0.2) is 84.9 Å². The lowest BCUT2D eigenvalue weighted by Gasteiger charge is -2.25. The molecule has 0 fully saturated rings. The van der Waals surface area contributed by atoms with Gasteiger partial charge in [-0.05, 0) is 48.6 Å². The van der Waals surface area contributed by atoms with E-state index in [1.807, 2.05) is 48.5 Å². The summed E-state index contributed by atoms with van der Waals surface area (Å²) in [4.78, 5) is 12.6. The third-order valence-electron chi connectivity index (χ3n) is 4.94. The lowest BCUT2D eigenvalue weighted by molar-refractivity contribution is -0.139. The summed E-state index contributed by atoms with van der Waals surface area (Å²) in [5, 5.41) is 0. The highest BCUT2D eigenvalue weighted by Crippen LogP contribution is 2.27. The average molecular weight is 389 g/mol. The van der Waals surface area contributed by atoms with E-state index in [-0.39, 0.29) is 24.6 Å². The minimum atomic E-state index is -0.281. The highest BCUT2D eigenvalue weighted by Gasteiger charge is 2.22. The second-order valence-corrected chi connectivity index (χ2v) is 7.19. The van der Waals surface area contributed by atoms with Gasteiger partial charge in [0.05, 0.1) is 18.6 Å². The van der Waals surface area contributed by atoms with Crippen LogP contribution in [0, 0.1) is 6.92 Å². The summed E-state index contributed by atoms with van der Waals surface area (Å²) >= 11 is 0. The molecule has 150 valence electrons.